The van der Waals surface area contributed by atoms with Crippen molar-refractivity contribution in [3.8, 4) is 0 Å². The number of amides is 2. The van der Waals surface area contributed by atoms with Gasteiger partial charge in [0.2, 0.25) is 0 Å². The first kappa shape index (κ1) is 45.5. The molecule has 0 unspecified atom stereocenters. The highest BCUT2D eigenvalue weighted by molar-refractivity contribution is 6.01. The number of pyridine rings is 2. The molecule has 6 heterocycles. The summed E-state index contributed by atoms with van der Waals surface area (Å²) in [6, 6.07) is 23.1. The van der Waals surface area contributed by atoms with Gasteiger partial charge in [0.1, 0.15) is 0 Å². The highest BCUT2D eigenvalue weighted by Crippen LogP contribution is 2.63. The van der Waals surface area contributed by atoms with E-state index in [9.17, 15) is 24.3 Å². The van der Waals surface area contributed by atoms with Crippen molar-refractivity contribution in [2.45, 2.75) is 102 Å². The van der Waals surface area contributed by atoms with Gasteiger partial charge in [-0.15, -0.1) is 6.58 Å². The van der Waals surface area contributed by atoms with Crippen LogP contribution in [0.5, 0.6) is 0 Å². The van der Waals surface area contributed by atoms with Crippen LogP contribution < -0.4 is 21.8 Å². The van der Waals surface area contributed by atoms with Crippen LogP contribution in [0.3, 0.4) is 0 Å². The summed E-state index contributed by atoms with van der Waals surface area (Å²) >= 11 is 0. The lowest BCUT2D eigenvalue weighted by atomic mass is 9.49. The fourth-order valence-electron chi connectivity index (χ4n) is 11.5. The van der Waals surface area contributed by atoms with Crippen LogP contribution in [0, 0.1) is 10.8 Å². The van der Waals surface area contributed by atoms with E-state index in [4.69, 9.17) is 4.74 Å². The van der Waals surface area contributed by atoms with Crippen LogP contribution >= 0.6 is 0 Å². The van der Waals surface area contributed by atoms with Crippen molar-refractivity contribution >= 4 is 44.4 Å². The van der Waals surface area contributed by atoms with Crippen LogP contribution in [-0.2, 0) is 18.0 Å². The monoisotopic (exact) mass is 928 g/mol. The lowest BCUT2D eigenvalue weighted by molar-refractivity contribution is -0.0199. The topological polar surface area (TPSA) is 214 Å². The van der Waals surface area contributed by atoms with Crippen molar-refractivity contribution in [3.63, 3.8) is 0 Å². The van der Waals surface area contributed by atoms with Gasteiger partial charge in [-0.05, 0) is 97.6 Å². The number of benzene rings is 2. The van der Waals surface area contributed by atoms with Gasteiger partial charge >= 0.3 is 0 Å². The minimum absolute atomic E-state index is 0.0626. The molecule has 12 rings (SSSR count). The summed E-state index contributed by atoms with van der Waals surface area (Å²) in [6.45, 7) is 8.55. The first-order chi connectivity index (χ1) is 33.6. The summed E-state index contributed by atoms with van der Waals surface area (Å²) < 4.78 is 8.84. The Labute approximate surface area is 397 Å². The van der Waals surface area contributed by atoms with E-state index in [1.807, 2.05) is 86.8 Å². The zero-order valence-corrected chi connectivity index (χ0v) is 38.8. The van der Waals surface area contributed by atoms with Crippen molar-refractivity contribution in [2.75, 3.05) is 6.61 Å². The SMILES string of the molecule is C=CCOCc1ccc2c(C(=O)NC3CC4(C3)CC(c3n[nH]c(=O)c5ccccc35)C4)cnn2c1.CC.O=C(NC1CC2(C1)CC(c1n[nH]c(=O)c3ccccc13)C2)c1cnn2cc(CO)ccc12. The van der Waals surface area contributed by atoms with Crippen molar-refractivity contribution in [3.05, 3.63) is 165 Å². The van der Waals surface area contributed by atoms with Crippen molar-refractivity contribution < 1.29 is 19.4 Å². The molecule has 0 aliphatic heterocycles. The molecule has 16 nitrogen and oxygen atoms in total. The first-order valence-electron chi connectivity index (χ1n) is 23.9. The summed E-state index contributed by atoms with van der Waals surface area (Å²) in [5, 5.41) is 41.5. The number of aliphatic hydroxyl groups excluding tert-OH is 1. The number of nitrogens with zero attached hydrogens (tertiary/aromatic N) is 6. The number of aromatic nitrogens is 8. The van der Waals surface area contributed by atoms with E-state index in [0.29, 0.717) is 46.9 Å². The zero-order chi connectivity index (χ0) is 47.9. The molecule has 2 spiro atoms. The number of hydrogen-bond acceptors (Lipinski definition) is 10. The highest BCUT2D eigenvalue weighted by Gasteiger charge is 2.55. The van der Waals surface area contributed by atoms with Gasteiger partial charge in [0.15, 0.2) is 0 Å². The van der Waals surface area contributed by atoms with Gasteiger partial charge in [-0.1, -0.05) is 68.5 Å². The van der Waals surface area contributed by atoms with Gasteiger partial charge in [0, 0.05) is 47.1 Å². The molecule has 0 radical (unpaired) electrons. The third-order valence-electron chi connectivity index (χ3n) is 14.7. The number of aliphatic hydroxyl groups is 1. The summed E-state index contributed by atoms with van der Waals surface area (Å²) in [4.78, 5) is 49.9. The van der Waals surface area contributed by atoms with Gasteiger partial charge in [0.05, 0.1) is 76.5 Å². The largest absolute Gasteiger partial charge is 0.392 e. The van der Waals surface area contributed by atoms with E-state index in [1.165, 1.54) is 0 Å². The van der Waals surface area contributed by atoms with Gasteiger partial charge in [-0.25, -0.2) is 19.2 Å². The second-order valence-corrected chi connectivity index (χ2v) is 19.1. The Morgan fingerprint density at radius 3 is 1.57 bits per heavy atom. The molecular formula is C53H56N10O6. The Bertz CT molecular complexity index is 3340. The van der Waals surface area contributed by atoms with E-state index >= 15 is 0 Å². The van der Waals surface area contributed by atoms with Crippen molar-refractivity contribution in [2.24, 2.45) is 10.8 Å². The maximum atomic E-state index is 13.0. The molecule has 2 aromatic carbocycles. The van der Waals surface area contributed by atoms with E-state index in [1.54, 1.807) is 39.8 Å². The summed E-state index contributed by atoms with van der Waals surface area (Å²) in [5.41, 5.74) is 6.58. The Kier molecular flexibility index (Phi) is 12.3. The molecule has 0 saturated heterocycles. The number of hydrogen-bond donors (Lipinski definition) is 5. The number of nitrogens with one attached hydrogen (secondary N) is 4. The standard InChI is InChI=1S/C27H27N5O3.C24H23N5O3.C2H6/c1-2-9-35-16-17-7-8-23-22(14-28-32(23)15-17)25(33)29-19-12-27(13-19)10-18(11-27)24-20-5-3-4-6-21(20)26(34)31-30-24;30-13-14-5-6-20-19(11-25-29(20)12-14)22(31)26-16-9-24(10-16)7-15(8-24)21-17-3-1-2-4-18(17)23(32)28-27-21;1-2/h2-8,14-15,18-19H,1,9-13,16H2,(H,29,33)(H,31,34);1-6,11-12,15-16,30H,7-10,13H2,(H,26,31)(H,28,32);1-2H3. The third kappa shape index (κ3) is 8.63. The normalized spacial score (nSPS) is 23.2. The molecule has 4 aliphatic rings. The molecule has 4 saturated carbocycles. The number of carbonyl (C=O) groups is 2. The molecule has 2 amide bonds. The van der Waals surface area contributed by atoms with Gasteiger partial charge in [-0.2, -0.15) is 20.4 Å². The van der Waals surface area contributed by atoms with E-state index in [0.717, 1.165) is 95.7 Å². The summed E-state index contributed by atoms with van der Waals surface area (Å²) in [7, 11) is 0. The molecule has 16 heteroatoms. The smallest absolute Gasteiger partial charge is 0.272 e. The van der Waals surface area contributed by atoms with Crippen molar-refractivity contribution in [1.82, 2.24) is 50.3 Å². The third-order valence-corrected chi connectivity index (χ3v) is 14.7. The first-order valence-corrected chi connectivity index (χ1v) is 23.9. The number of ether oxygens (including phenoxy) is 1. The number of carbonyl (C=O) groups excluding carboxylic acids is 2. The van der Waals surface area contributed by atoms with Crippen LogP contribution in [0.25, 0.3) is 32.6 Å². The number of aromatic amines is 2. The van der Waals surface area contributed by atoms with Gasteiger partial charge in [-0.3, -0.25) is 19.2 Å². The molecule has 4 fully saturated rings. The molecular weight excluding hydrogens is 873 g/mol. The minimum Gasteiger partial charge on any atom is -0.392 e. The molecule has 8 aromatic rings. The minimum atomic E-state index is -0.148. The maximum Gasteiger partial charge on any atom is 0.272 e. The van der Waals surface area contributed by atoms with Crippen LogP contribution in [0.15, 0.2) is 120 Å². The van der Waals surface area contributed by atoms with Crippen LogP contribution in [-0.4, -0.2) is 75.2 Å². The fraction of sp³-hybridized carbons (Fsp3) is 0.358. The molecule has 5 N–H and O–H groups in total. The quantitative estimate of drug-likeness (QED) is 0.0646. The summed E-state index contributed by atoms with van der Waals surface area (Å²) in [6.07, 6.45) is 16.5. The lowest BCUT2D eigenvalue weighted by Gasteiger charge is -2.57. The van der Waals surface area contributed by atoms with E-state index in [2.05, 4.69) is 47.8 Å². The Morgan fingerprint density at radius 1 is 0.681 bits per heavy atom. The predicted molar refractivity (Wildman–Crippen MR) is 262 cm³/mol. The lowest BCUT2D eigenvalue weighted by Crippen LogP contribution is -2.55. The fourth-order valence-corrected chi connectivity index (χ4v) is 11.5. The Balaban J connectivity index is 0.000000155. The Morgan fingerprint density at radius 2 is 1.12 bits per heavy atom. The number of fused-ring (bicyclic) bond motifs is 4. The van der Waals surface area contributed by atoms with Gasteiger partial charge < -0.3 is 20.5 Å². The molecule has 69 heavy (non-hydrogen) atoms. The van der Waals surface area contributed by atoms with E-state index in [-0.39, 0.29) is 52.5 Å². The second kappa shape index (κ2) is 18.7. The molecule has 0 bridgehead atoms. The number of rotatable bonds is 11. The van der Waals surface area contributed by atoms with E-state index < -0.39 is 0 Å². The van der Waals surface area contributed by atoms with Crippen LogP contribution in [0.1, 0.15) is 120 Å². The van der Waals surface area contributed by atoms with Crippen LogP contribution in [0.4, 0.5) is 0 Å². The molecule has 0 atom stereocenters. The average Bonchev–Trinajstić information content (AvgIpc) is 3.96. The second-order valence-electron chi connectivity index (χ2n) is 19.1. The molecule has 6 aromatic heterocycles. The van der Waals surface area contributed by atoms with Gasteiger partial charge in [0.25, 0.3) is 22.9 Å². The predicted octanol–water partition coefficient (Wildman–Crippen LogP) is 7.28. The average molecular weight is 929 g/mol. The van der Waals surface area contributed by atoms with Crippen LogP contribution in [0.2, 0.25) is 0 Å². The molecule has 4 aliphatic carbocycles. The number of H-pyrrole nitrogens is 2. The molecule has 354 valence electrons. The maximum absolute atomic E-state index is 13.0. The zero-order valence-electron chi connectivity index (χ0n) is 38.8. The Hall–Kier alpha value is -7.30. The highest BCUT2D eigenvalue weighted by atomic mass is 16.5. The summed E-state index contributed by atoms with van der Waals surface area (Å²) in [5.74, 6) is 0.492. The van der Waals surface area contributed by atoms with Crippen molar-refractivity contribution in [1.29, 1.82) is 0 Å².